The summed E-state index contributed by atoms with van der Waals surface area (Å²) in [7, 11) is 0. The van der Waals surface area contributed by atoms with E-state index in [9.17, 15) is 14.4 Å². The minimum Gasteiger partial charge on any atom is -0.461 e. The predicted octanol–water partition coefficient (Wildman–Crippen LogP) is 4.08. The summed E-state index contributed by atoms with van der Waals surface area (Å²) in [5, 5.41) is -0.338. The highest BCUT2D eigenvalue weighted by Crippen LogP contribution is 2.37. The van der Waals surface area contributed by atoms with Crippen LogP contribution in [0.2, 0.25) is 0 Å². The second kappa shape index (κ2) is 9.80. The number of carbonyl (C=O) groups is 3. The number of ether oxygens (including phenoxy) is 3. The lowest BCUT2D eigenvalue weighted by Crippen LogP contribution is -2.30. The van der Waals surface area contributed by atoms with E-state index >= 15 is 0 Å². The van der Waals surface area contributed by atoms with Crippen molar-refractivity contribution in [3.05, 3.63) is 70.8 Å². The van der Waals surface area contributed by atoms with Gasteiger partial charge < -0.3 is 14.2 Å². The van der Waals surface area contributed by atoms with Crippen molar-refractivity contribution in [1.29, 1.82) is 0 Å². The monoisotopic (exact) mass is 428 g/mol. The number of esters is 3. The zero-order valence-corrected chi connectivity index (χ0v) is 17.9. The maximum absolute atomic E-state index is 12.7. The van der Waals surface area contributed by atoms with Gasteiger partial charge in [0.1, 0.15) is 12.7 Å². The molecule has 6 nitrogen and oxygen atoms in total. The van der Waals surface area contributed by atoms with Crippen LogP contribution in [-0.2, 0) is 19.0 Å². The van der Waals surface area contributed by atoms with E-state index < -0.39 is 29.4 Å². The van der Waals surface area contributed by atoms with Gasteiger partial charge in [-0.15, -0.1) is 11.8 Å². The number of carbonyl (C=O) groups excluding carboxylic acids is 3. The van der Waals surface area contributed by atoms with Gasteiger partial charge in [0.15, 0.2) is 5.44 Å². The highest BCUT2D eigenvalue weighted by Gasteiger charge is 2.40. The summed E-state index contributed by atoms with van der Waals surface area (Å²) in [6.45, 7) is 5.05. The fourth-order valence-corrected chi connectivity index (χ4v) is 4.62. The van der Waals surface area contributed by atoms with Crippen LogP contribution in [0.3, 0.4) is 0 Å². The van der Waals surface area contributed by atoms with Gasteiger partial charge in [-0.2, -0.15) is 0 Å². The smallest absolute Gasteiger partial charge is 0.338 e. The first-order valence-corrected chi connectivity index (χ1v) is 10.6. The fourth-order valence-electron chi connectivity index (χ4n) is 3.25. The average molecular weight is 429 g/mol. The van der Waals surface area contributed by atoms with Crippen LogP contribution < -0.4 is 0 Å². The van der Waals surface area contributed by atoms with Gasteiger partial charge in [-0.3, -0.25) is 4.79 Å². The molecule has 0 aliphatic carbocycles. The normalized spacial score (nSPS) is 20.4. The Morgan fingerprint density at radius 3 is 2.03 bits per heavy atom. The minimum atomic E-state index is -0.545. The molecular formula is C23H24O6S. The topological polar surface area (TPSA) is 78.9 Å². The summed E-state index contributed by atoms with van der Waals surface area (Å²) in [4.78, 5) is 36.5. The highest BCUT2D eigenvalue weighted by atomic mass is 32.2. The lowest BCUT2D eigenvalue weighted by Gasteiger charge is -2.19. The molecule has 0 bridgehead atoms. The maximum atomic E-state index is 12.7. The van der Waals surface area contributed by atoms with Crippen molar-refractivity contribution >= 4 is 29.7 Å². The Kier molecular flexibility index (Phi) is 7.15. The van der Waals surface area contributed by atoms with Gasteiger partial charge in [-0.25, -0.2) is 9.59 Å². The molecule has 3 atom stereocenters. The Morgan fingerprint density at radius 2 is 1.47 bits per heavy atom. The number of thioether (sulfide) groups is 1. The maximum Gasteiger partial charge on any atom is 0.338 e. The lowest BCUT2D eigenvalue weighted by molar-refractivity contribution is -0.142. The van der Waals surface area contributed by atoms with Crippen molar-refractivity contribution in [2.45, 2.75) is 44.0 Å². The standard InChI is InChI=1S/C23H24O6S/c1-14-8-4-6-10-17(14)22(25)27-13-20-19(12-21(30-20)28-16(3)24)29-23(26)18-11-7-5-9-15(18)2/h4-11,19-21H,12-13H2,1-3H3/t19-,20+,21?/m0/s1. The molecule has 1 aliphatic heterocycles. The predicted molar refractivity (Wildman–Crippen MR) is 113 cm³/mol. The quantitative estimate of drug-likeness (QED) is 0.507. The van der Waals surface area contributed by atoms with Gasteiger partial charge >= 0.3 is 17.9 Å². The first-order valence-electron chi connectivity index (χ1n) is 9.67. The largest absolute Gasteiger partial charge is 0.461 e. The molecule has 1 heterocycles. The van der Waals surface area contributed by atoms with E-state index in [0.29, 0.717) is 17.5 Å². The van der Waals surface area contributed by atoms with Crippen molar-refractivity contribution in [1.82, 2.24) is 0 Å². The SMILES string of the molecule is CC(=O)OC1C[C@H](OC(=O)c2ccccc2C)[C@@H](COC(=O)c2ccccc2C)S1. The van der Waals surface area contributed by atoms with Gasteiger partial charge in [0.2, 0.25) is 0 Å². The Bertz CT molecular complexity index is 941. The van der Waals surface area contributed by atoms with Crippen LogP contribution in [0.1, 0.15) is 45.2 Å². The third-order valence-corrected chi connectivity index (χ3v) is 6.21. The first-order chi connectivity index (χ1) is 14.3. The molecule has 2 aromatic rings. The van der Waals surface area contributed by atoms with E-state index in [4.69, 9.17) is 14.2 Å². The number of rotatable bonds is 6. The summed E-state index contributed by atoms with van der Waals surface area (Å²) in [5.74, 6) is -1.29. The zero-order chi connectivity index (χ0) is 21.7. The van der Waals surface area contributed by atoms with Crippen LogP contribution in [0.4, 0.5) is 0 Å². The molecule has 0 spiro atoms. The van der Waals surface area contributed by atoms with Crippen LogP contribution >= 0.6 is 11.8 Å². The van der Waals surface area contributed by atoms with E-state index in [1.807, 2.05) is 38.1 Å². The van der Waals surface area contributed by atoms with Crippen molar-refractivity contribution in [3.8, 4) is 0 Å². The Morgan fingerprint density at radius 1 is 0.900 bits per heavy atom. The molecule has 1 unspecified atom stereocenters. The summed E-state index contributed by atoms with van der Waals surface area (Å²) in [6.07, 6.45) is -0.204. The Labute approximate surface area is 179 Å². The van der Waals surface area contributed by atoms with Crippen molar-refractivity contribution in [2.75, 3.05) is 6.61 Å². The second-order valence-corrected chi connectivity index (χ2v) is 8.52. The van der Waals surface area contributed by atoms with E-state index in [-0.39, 0.29) is 11.9 Å². The highest BCUT2D eigenvalue weighted by molar-refractivity contribution is 8.00. The van der Waals surface area contributed by atoms with Crippen molar-refractivity contribution < 1.29 is 28.6 Å². The fraction of sp³-hybridized carbons (Fsp3) is 0.348. The van der Waals surface area contributed by atoms with Gasteiger partial charge in [-0.05, 0) is 37.1 Å². The molecule has 1 fully saturated rings. The second-order valence-electron chi connectivity index (χ2n) is 7.12. The number of hydrogen-bond donors (Lipinski definition) is 0. The van der Waals surface area contributed by atoms with Gasteiger partial charge in [0.25, 0.3) is 0 Å². The third kappa shape index (κ3) is 5.42. The van der Waals surface area contributed by atoms with E-state index in [1.54, 1.807) is 24.3 Å². The molecule has 3 rings (SSSR count). The first kappa shape index (κ1) is 21.9. The van der Waals surface area contributed by atoms with Crippen LogP contribution in [0.15, 0.2) is 48.5 Å². The van der Waals surface area contributed by atoms with Gasteiger partial charge in [0, 0.05) is 13.3 Å². The molecule has 7 heteroatoms. The van der Waals surface area contributed by atoms with Crippen molar-refractivity contribution in [3.63, 3.8) is 0 Å². The molecule has 30 heavy (non-hydrogen) atoms. The lowest BCUT2D eigenvalue weighted by atomic mass is 10.1. The molecule has 0 saturated carbocycles. The summed E-state index contributed by atoms with van der Waals surface area (Å²) in [5.41, 5.74) is 2.15. The summed E-state index contributed by atoms with van der Waals surface area (Å²) < 4.78 is 16.5. The van der Waals surface area contributed by atoms with Crippen LogP contribution in [0, 0.1) is 13.8 Å². The van der Waals surface area contributed by atoms with Crippen LogP contribution in [0.5, 0.6) is 0 Å². The molecule has 0 N–H and O–H groups in total. The van der Waals surface area contributed by atoms with E-state index in [0.717, 1.165) is 11.1 Å². The number of hydrogen-bond acceptors (Lipinski definition) is 7. The average Bonchev–Trinajstić information content (AvgIpc) is 3.07. The van der Waals surface area contributed by atoms with Crippen LogP contribution in [-0.4, -0.2) is 41.3 Å². The van der Waals surface area contributed by atoms with Gasteiger partial charge in [-0.1, -0.05) is 36.4 Å². The zero-order valence-electron chi connectivity index (χ0n) is 17.1. The van der Waals surface area contributed by atoms with E-state index in [2.05, 4.69) is 0 Å². The summed E-state index contributed by atoms with van der Waals surface area (Å²) in [6, 6.07) is 14.3. The number of aryl methyl sites for hydroxylation is 2. The number of benzene rings is 2. The molecule has 2 aromatic carbocycles. The molecule has 1 aliphatic rings. The third-order valence-electron chi connectivity index (χ3n) is 4.83. The van der Waals surface area contributed by atoms with Gasteiger partial charge in [0.05, 0.1) is 16.4 Å². The Balaban J connectivity index is 1.68. The summed E-state index contributed by atoms with van der Waals surface area (Å²) >= 11 is 1.33. The van der Waals surface area contributed by atoms with Crippen molar-refractivity contribution in [2.24, 2.45) is 0 Å². The molecule has 0 amide bonds. The molecule has 0 radical (unpaired) electrons. The molecular weight excluding hydrogens is 404 g/mol. The minimum absolute atomic E-state index is 0.0430. The molecule has 0 aromatic heterocycles. The Hall–Kier alpha value is -2.80. The van der Waals surface area contributed by atoms with Crippen LogP contribution in [0.25, 0.3) is 0 Å². The van der Waals surface area contributed by atoms with E-state index in [1.165, 1.54) is 18.7 Å². The molecule has 158 valence electrons. The molecule has 1 saturated heterocycles.